The van der Waals surface area contributed by atoms with E-state index in [1.807, 2.05) is 10.6 Å². The van der Waals surface area contributed by atoms with Gasteiger partial charge in [0.1, 0.15) is 11.5 Å². The second-order valence-corrected chi connectivity index (χ2v) is 5.97. The lowest BCUT2D eigenvalue weighted by Gasteiger charge is -2.28. The molecule has 2 atom stereocenters. The van der Waals surface area contributed by atoms with Gasteiger partial charge in [0.2, 0.25) is 0 Å². The highest BCUT2D eigenvalue weighted by Gasteiger charge is 2.18. The molecule has 3 aromatic heterocycles. The number of imidazole rings is 1. The lowest BCUT2D eigenvalue weighted by molar-refractivity contribution is 0.398. The Morgan fingerprint density at radius 3 is 3.00 bits per heavy atom. The Hall–Kier alpha value is -2.54. The van der Waals surface area contributed by atoms with Gasteiger partial charge in [0.15, 0.2) is 5.65 Å². The van der Waals surface area contributed by atoms with Crippen LogP contribution in [0.2, 0.25) is 0 Å². The van der Waals surface area contributed by atoms with Crippen LogP contribution in [-0.4, -0.2) is 43.0 Å². The van der Waals surface area contributed by atoms with Crippen molar-refractivity contribution in [3.63, 3.8) is 0 Å². The third-order valence-corrected chi connectivity index (χ3v) is 4.23. The number of nitrogens with zero attached hydrogens (tertiary/aromatic N) is 5. The van der Waals surface area contributed by atoms with Crippen LogP contribution in [0.3, 0.4) is 0 Å². The molecular formula is C16H19N7. The van der Waals surface area contributed by atoms with Crippen LogP contribution in [0, 0.1) is 0 Å². The van der Waals surface area contributed by atoms with Gasteiger partial charge in [-0.15, -0.1) is 0 Å². The second kappa shape index (κ2) is 5.92. The zero-order chi connectivity index (χ0) is 15.6. The molecular weight excluding hydrogens is 290 g/mol. The Balaban J connectivity index is 1.59. The van der Waals surface area contributed by atoms with E-state index < -0.39 is 0 Å². The molecule has 7 nitrogen and oxygen atoms in total. The van der Waals surface area contributed by atoms with Gasteiger partial charge in [0.05, 0.1) is 30.5 Å². The van der Waals surface area contributed by atoms with Crippen molar-refractivity contribution in [1.29, 1.82) is 0 Å². The first-order valence-corrected chi connectivity index (χ1v) is 7.89. The SMILES string of the molecule is C[C@@H]1CC[C@@H](Nc2cncc(-c3cnc4cnccn34)n2)CN1. The summed E-state index contributed by atoms with van der Waals surface area (Å²) in [4.78, 5) is 17.5. The summed E-state index contributed by atoms with van der Waals surface area (Å²) in [7, 11) is 0. The predicted molar refractivity (Wildman–Crippen MR) is 88.1 cm³/mol. The normalized spacial score (nSPS) is 21.4. The molecule has 0 saturated carbocycles. The number of anilines is 1. The predicted octanol–water partition coefficient (Wildman–Crippen LogP) is 1.74. The van der Waals surface area contributed by atoms with Crippen LogP contribution in [0.5, 0.6) is 0 Å². The number of hydrogen-bond acceptors (Lipinski definition) is 6. The van der Waals surface area contributed by atoms with E-state index in [0.29, 0.717) is 12.1 Å². The lowest BCUT2D eigenvalue weighted by atomic mass is 10.0. The minimum absolute atomic E-state index is 0.391. The molecule has 1 saturated heterocycles. The van der Waals surface area contributed by atoms with E-state index in [1.165, 1.54) is 6.42 Å². The summed E-state index contributed by atoms with van der Waals surface area (Å²) in [5, 5.41) is 6.96. The molecule has 23 heavy (non-hydrogen) atoms. The number of piperidine rings is 1. The molecule has 0 spiro atoms. The van der Waals surface area contributed by atoms with Gasteiger partial charge in [-0.2, -0.15) is 0 Å². The van der Waals surface area contributed by atoms with Crippen molar-refractivity contribution in [2.24, 2.45) is 0 Å². The number of aromatic nitrogens is 5. The number of nitrogens with one attached hydrogen (secondary N) is 2. The monoisotopic (exact) mass is 309 g/mol. The minimum Gasteiger partial charge on any atom is -0.365 e. The molecule has 2 N–H and O–H groups in total. The maximum atomic E-state index is 4.70. The van der Waals surface area contributed by atoms with Crippen molar-refractivity contribution in [1.82, 2.24) is 29.7 Å². The van der Waals surface area contributed by atoms with Crippen molar-refractivity contribution in [3.8, 4) is 11.4 Å². The maximum absolute atomic E-state index is 4.70. The summed E-state index contributed by atoms with van der Waals surface area (Å²) in [5.74, 6) is 0.799. The Bertz CT molecular complexity index is 805. The van der Waals surface area contributed by atoms with Crippen molar-refractivity contribution >= 4 is 11.5 Å². The minimum atomic E-state index is 0.391. The first-order chi connectivity index (χ1) is 11.3. The van der Waals surface area contributed by atoms with E-state index in [0.717, 1.165) is 35.8 Å². The lowest BCUT2D eigenvalue weighted by Crippen LogP contribution is -2.43. The van der Waals surface area contributed by atoms with Gasteiger partial charge >= 0.3 is 0 Å². The Morgan fingerprint density at radius 1 is 1.17 bits per heavy atom. The smallest absolute Gasteiger partial charge is 0.155 e. The molecule has 0 radical (unpaired) electrons. The number of hydrogen-bond donors (Lipinski definition) is 2. The molecule has 0 aliphatic carbocycles. The molecule has 118 valence electrons. The fraction of sp³-hybridized carbons (Fsp3) is 0.375. The van der Waals surface area contributed by atoms with E-state index in [-0.39, 0.29) is 0 Å². The molecule has 0 unspecified atom stereocenters. The van der Waals surface area contributed by atoms with Gasteiger partial charge in [-0.1, -0.05) is 0 Å². The zero-order valence-corrected chi connectivity index (χ0v) is 13.0. The molecule has 0 aromatic carbocycles. The molecule has 1 aliphatic heterocycles. The Morgan fingerprint density at radius 2 is 2.13 bits per heavy atom. The Labute approximate surface area is 134 Å². The molecule has 3 aromatic rings. The summed E-state index contributed by atoms with van der Waals surface area (Å²) < 4.78 is 1.96. The average Bonchev–Trinajstić information content (AvgIpc) is 3.01. The molecule has 0 bridgehead atoms. The van der Waals surface area contributed by atoms with Crippen LogP contribution in [0.1, 0.15) is 19.8 Å². The first-order valence-electron chi connectivity index (χ1n) is 7.89. The zero-order valence-electron chi connectivity index (χ0n) is 13.0. The third kappa shape index (κ3) is 2.87. The fourth-order valence-corrected chi connectivity index (χ4v) is 2.92. The molecule has 4 rings (SSSR count). The van der Waals surface area contributed by atoms with Crippen LogP contribution >= 0.6 is 0 Å². The first kappa shape index (κ1) is 14.1. The molecule has 1 aliphatic rings. The second-order valence-electron chi connectivity index (χ2n) is 5.97. The highest BCUT2D eigenvalue weighted by molar-refractivity contribution is 5.60. The Kier molecular flexibility index (Phi) is 3.63. The third-order valence-electron chi connectivity index (χ3n) is 4.23. The summed E-state index contributed by atoms with van der Waals surface area (Å²) in [5.41, 5.74) is 2.51. The van der Waals surface area contributed by atoms with E-state index in [1.54, 1.807) is 31.0 Å². The van der Waals surface area contributed by atoms with Gasteiger partial charge in [-0.05, 0) is 19.8 Å². The largest absolute Gasteiger partial charge is 0.365 e. The van der Waals surface area contributed by atoms with E-state index in [9.17, 15) is 0 Å². The molecule has 7 heteroatoms. The van der Waals surface area contributed by atoms with Crippen LogP contribution < -0.4 is 10.6 Å². The average molecular weight is 309 g/mol. The fourth-order valence-electron chi connectivity index (χ4n) is 2.92. The van der Waals surface area contributed by atoms with Crippen LogP contribution in [0.15, 0.2) is 37.2 Å². The summed E-state index contributed by atoms with van der Waals surface area (Å²) >= 11 is 0. The van der Waals surface area contributed by atoms with Gasteiger partial charge in [0, 0.05) is 31.0 Å². The summed E-state index contributed by atoms with van der Waals surface area (Å²) in [6, 6.07) is 0.986. The number of rotatable bonds is 3. The van der Waals surface area contributed by atoms with Crippen molar-refractivity contribution in [3.05, 3.63) is 37.2 Å². The van der Waals surface area contributed by atoms with E-state index >= 15 is 0 Å². The van der Waals surface area contributed by atoms with Crippen molar-refractivity contribution < 1.29 is 0 Å². The topological polar surface area (TPSA) is 80.0 Å². The van der Waals surface area contributed by atoms with Crippen LogP contribution in [-0.2, 0) is 0 Å². The van der Waals surface area contributed by atoms with Gasteiger partial charge in [0.25, 0.3) is 0 Å². The molecule has 4 heterocycles. The van der Waals surface area contributed by atoms with E-state index in [4.69, 9.17) is 4.98 Å². The number of fused-ring (bicyclic) bond motifs is 1. The summed E-state index contributed by atoms with van der Waals surface area (Å²) in [6.45, 7) is 3.17. The van der Waals surface area contributed by atoms with Crippen molar-refractivity contribution in [2.45, 2.75) is 31.8 Å². The maximum Gasteiger partial charge on any atom is 0.155 e. The highest BCUT2D eigenvalue weighted by Crippen LogP contribution is 2.20. The quantitative estimate of drug-likeness (QED) is 0.767. The van der Waals surface area contributed by atoms with Crippen LogP contribution in [0.25, 0.3) is 17.0 Å². The highest BCUT2D eigenvalue weighted by atomic mass is 15.1. The summed E-state index contributed by atoms with van der Waals surface area (Å²) in [6.07, 6.45) is 13.0. The van der Waals surface area contributed by atoms with Crippen LogP contribution in [0.4, 0.5) is 5.82 Å². The van der Waals surface area contributed by atoms with Gasteiger partial charge < -0.3 is 10.6 Å². The van der Waals surface area contributed by atoms with E-state index in [2.05, 4.69) is 32.5 Å². The van der Waals surface area contributed by atoms with Gasteiger partial charge in [-0.25, -0.2) is 9.97 Å². The van der Waals surface area contributed by atoms with Gasteiger partial charge in [-0.3, -0.25) is 14.4 Å². The molecule has 1 fully saturated rings. The standard InChI is InChI=1S/C16H19N7/c1-11-2-3-12(6-19-11)21-15-9-18-7-13(22-15)14-8-20-16-10-17-4-5-23(14)16/h4-5,7-12,19H,2-3,6H2,1H3,(H,21,22)/t11-,12-/m1/s1. The van der Waals surface area contributed by atoms with Crippen molar-refractivity contribution in [2.75, 3.05) is 11.9 Å². The molecule has 0 amide bonds.